The number of aromatic nitrogens is 1. The van der Waals surface area contributed by atoms with Crippen molar-refractivity contribution in [2.45, 2.75) is 27.3 Å². The zero-order chi connectivity index (χ0) is 14.0. The molecule has 0 fully saturated rings. The predicted molar refractivity (Wildman–Crippen MR) is 78.3 cm³/mol. The molecule has 0 radical (unpaired) electrons. The van der Waals surface area contributed by atoms with Crippen LogP contribution < -0.4 is 11.1 Å². The van der Waals surface area contributed by atoms with Crippen LogP contribution in [0.2, 0.25) is 0 Å². The van der Waals surface area contributed by atoms with Crippen molar-refractivity contribution in [2.24, 2.45) is 0 Å². The molecule has 5 heteroatoms. The fourth-order valence-electron chi connectivity index (χ4n) is 1.88. The number of hydrogen-bond acceptors (Lipinski definition) is 4. The monoisotopic (exact) mass is 275 g/mol. The molecular weight excluding hydrogens is 258 g/mol. The maximum absolute atomic E-state index is 12.1. The number of rotatable bonds is 3. The molecule has 0 atom stereocenters. The number of aryl methyl sites for hydroxylation is 3. The predicted octanol–water partition coefficient (Wildman–Crippen LogP) is 2.58. The molecule has 1 amide bonds. The van der Waals surface area contributed by atoms with Gasteiger partial charge in [0.1, 0.15) is 0 Å². The van der Waals surface area contributed by atoms with Crippen molar-refractivity contribution in [1.29, 1.82) is 0 Å². The third-order valence-electron chi connectivity index (χ3n) is 2.92. The quantitative estimate of drug-likeness (QED) is 0.846. The molecule has 1 aromatic carbocycles. The standard InChI is InChI=1S/C14H17N3OS/c1-8-4-5-11(15)6-12(8)14(18)16-7-13-9(2)17-10(3)19-13/h4-6H,7,15H2,1-3H3,(H,16,18). The van der Waals surface area contributed by atoms with E-state index in [9.17, 15) is 4.79 Å². The van der Waals surface area contributed by atoms with Gasteiger partial charge in [0.25, 0.3) is 5.91 Å². The summed E-state index contributed by atoms with van der Waals surface area (Å²) in [7, 11) is 0. The lowest BCUT2D eigenvalue weighted by atomic mass is 10.1. The summed E-state index contributed by atoms with van der Waals surface area (Å²) >= 11 is 1.61. The second kappa shape index (κ2) is 5.40. The molecule has 0 bridgehead atoms. The molecule has 0 aliphatic heterocycles. The van der Waals surface area contributed by atoms with Gasteiger partial charge >= 0.3 is 0 Å². The number of nitrogens with two attached hydrogens (primary N) is 1. The number of carbonyl (C=O) groups is 1. The summed E-state index contributed by atoms with van der Waals surface area (Å²) in [5, 5.41) is 3.93. The smallest absolute Gasteiger partial charge is 0.251 e. The van der Waals surface area contributed by atoms with Gasteiger partial charge in [-0.3, -0.25) is 4.79 Å². The van der Waals surface area contributed by atoms with Crippen LogP contribution in [-0.4, -0.2) is 10.9 Å². The number of nitrogens with zero attached hydrogens (tertiary/aromatic N) is 1. The number of benzene rings is 1. The zero-order valence-electron chi connectivity index (χ0n) is 11.3. The summed E-state index contributed by atoms with van der Waals surface area (Å²) < 4.78 is 0. The van der Waals surface area contributed by atoms with Crippen molar-refractivity contribution in [1.82, 2.24) is 10.3 Å². The normalized spacial score (nSPS) is 10.5. The number of anilines is 1. The minimum Gasteiger partial charge on any atom is -0.399 e. The van der Waals surface area contributed by atoms with Crippen molar-refractivity contribution in [2.75, 3.05) is 5.73 Å². The number of thiazole rings is 1. The van der Waals surface area contributed by atoms with Gasteiger partial charge in [0, 0.05) is 16.1 Å². The summed E-state index contributed by atoms with van der Waals surface area (Å²) in [6.45, 7) is 6.32. The average Bonchev–Trinajstić information content (AvgIpc) is 2.68. The molecule has 0 unspecified atom stereocenters. The molecule has 100 valence electrons. The van der Waals surface area contributed by atoms with Gasteiger partial charge in [-0.15, -0.1) is 11.3 Å². The number of nitrogens with one attached hydrogen (secondary N) is 1. The summed E-state index contributed by atoms with van der Waals surface area (Å²) in [5.41, 5.74) is 8.83. The highest BCUT2D eigenvalue weighted by molar-refractivity contribution is 7.11. The lowest BCUT2D eigenvalue weighted by Crippen LogP contribution is -2.23. The van der Waals surface area contributed by atoms with Crippen molar-refractivity contribution in [3.05, 3.63) is 44.9 Å². The second-order valence-corrected chi connectivity index (χ2v) is 5.79. The van der Waals surface area contributed by atoms with Crippen LogP contribution in [0, 0.1) is 20.8 Å². The first-order valence-electron chi connectivity index (χ1n) is 6.04. The molecule has 0 aliphatic carbocycles. The molecule has 0 saturated carbocycles. The highest BCUT2D eigenvalue weighted by Gasteiger charge is 2.11. The summed E-state index contributed by atoms with van der Waals surface area (Å²) in [4.78, 5) is 17.6. The van der Waals surface area contributed by atoms with Crippen molar-refractivity contribution in [3.63, 3.8) is 0 Å². The lowest BCUT2D eigenvalue weighted by Gasteiger charge is -2.08. The molecule has 19 heavy (non-hydrogen) atoms. The minimum atomic E-state index is -0.102. The van der Waals surface area contributed by atoms with E-state index in [4.69, 9.17) is 5.73 Å². The van der Waals surface area contributed by atoms with Crippen molar-refractivity contribution < 1.29 is 4.79 Å². The molecule has 3 N–H and O–H groups in total. The minimum absolute atomic E-state index is 0.102. The van der Waals surface area contributed by atoms with Crippen LogP contribution in [0.25, 0.3) is 0 Å². The van der Waals surface area contributed by atoms with Crippen LogP contribution in [0.1, 0.15) is 31.5 Å². The van der Waals surface area contributed by atoms with Crippen LogP contribution >= 0.6 is 11.3 Å². The lowest BCUT2D eigenvalue weighted by molar-refractivity contribution is 0.0950. The first-order valence-corrected chi connectivity index (χ1v) is 6.86. The zero-order valence-corrected chi connectivity index (χ0v) is 12.1. The molecule has 2 aromatic rings. The number of amides is 1. The van der Waals surface area contributed by atoms with Crippen LogP contribution in [0.15, 0.2) is 18.2 Å². The summed E-state index contributed by atoms with van der Waals surface area (Å²) in [5.74, 6) is -0.102. The maximum Gasteiger partial charge on any atom is 0.251 e. The fraction of sp³-hybridized carbons (Fsp3) is 0.286. The van der Waals surface area contributed by atoms with Gasteiger partial charge in [0.15, 0.2) is 0 Å². The Hall–Kier alpha value is -1.88. The Kier molecular flexibility index (Phi) is 3.85. The molecule has 2 rings (SSSR count). The Morgan fingerprint density at radius 2 is 2.11 bits per heavy atom. The van der Waals surface area contributed by atoms with Crippen LogP contribution in [0.4, 0.5) is 5.69 Å². The average molecular weight is 275 g/mol. The highest BCUT2D eigenvalue weighted by Crippen LogP contribution is 2.17. The molecule has 0 aliphatic rings. The van der Waals surface area contributed by atoms with Gasteiger partial charge in [-0.1, -0.05) is 6.07 Å². The van der Waals surface area contributed by atoms with Crippen molar-refractivity contribution in [3.8, 4) is 0 Å². The van der Waals surface area contributed by atoms with E-state index in [0.717, 1.165) is 21.1 Å². The SMILES string of the molecule is Cc1nc(C)c(CNC(=O)c2cc(N)ccc2C)s1. The van der Waals surface area contributed by atoms with E-state index in [0.29, 0.717) is 17.8 Å². The molecule has 1 heterocycles. The van der Waals surface area contributed by atoms with Gasteiger partial charge < -0.3 is 11.1 Å². The summed E-state index contributed by atoms with van der Waals surface area (Å²) in [6, 6.07) is 5.35. The molecular formula is C14H17N3OS. The number of nitrogen functional groups attached to an aromatic ring is 1. The Morgan fingerprint density at radius 1 is 1.37 bits per heavy atom. The highest BCUT2D eigenvalue weighted by atomic mass is 32.1. The van der Waals surface area contributed by atoms with E-state index in [2.05, 4.69) is 10.3 Å². The Balaban J connectivity index is 2.09. The van der Waals surface area contributed by atoms with Gasteiger partial charge in [0.2, 0.25) is 0 Å². The Bertz CT molecular complexity index is 619. The van der Waals surface area contributed by atoms with Gasteiger partial charge in [-0.25, -0.2) is 4.98 Å². The van der Waals surface area contributed by atoms with Crippen LogP contribution in [0.5, 0.6) is 0 Å². The van der Waals surface area contributed by atoms with Gasteiger partial charge in [0.05, 0.1) is 17.2 Å². The molecule has 1 aromatic heterocycles. The van der Waals surface area contributed by atoms with E-state index in [-0.39, 0.29) is 5.91 Å². The van der Waals surface area contributed by atoms with E-state index in [1.54, 1.807) is 23.5 Å². The first-order chi connectivity index (χ1) is 8.97. The molecule has 0 saturated heterocycles. The Labute approximate surface area is 116 Å². The van der Waals surface area contributed by atoms with Gasteiger partial charge in [-0.05, 0) is 38.5 Å². The molecule has 4 nitrogen and oxygen atoms in total. The third-order valence-corrected chi connectivity index (χ3v) is 3.99. The van der Waals surface area contributed by atoms with Crippen LogP contribution in [0.3, 0.4) is 0 Å². The topological polar surface area (TPSA) is 68.0 Å². The van der Waals surface area contributed by atoms with E-state index in [1.807, 2.05) is 26.8 Å². The van der Waals surface area contributed by atoms with E-state index < -0.39 is 0 Å². The van der Waals surface area contributed by atoms with E-state index >= 15 is 0 Å². The van der Waals surface area contributed by atoms with Crippen molar-refractivity contribution >= 4 is 22.9 Å². The first kappa shape index (κ1) is 13.5. The summed E-state index contributed by atoms with van der Waals surface area (Å²) in [6.07, 6.45) is 0. The second-order valence-electron chi connectivity index (χ2n) is 4.50. The number of hydrogen-bond donors (Lipinski definition) is 2. The van der Waals surface area contributed by atoms with Crippen LogP contribution in [-0.2, 0) is 6.54 Å². The third kappa shape index (κ3) is 3.12. The van der Waals surface area contributed by atoms with Gasteiger partial charge in [-0.2, -0.15) is 0 Å². The maximum atomic E-state index is 12.1. The number of carbonyl (C=O) groups excluding carboxylic acids is 1. The van der Waals surface area contributed by atoms with E-state index in [1.165, 1.54) is 0 Å². The fourth-order valence-corrected chi connectivity index (χ4v) is 2.75. The Morgan fingerprint density at radius 3 is 2.74 bits per heavy atom. The molecule has 0 spiro atoms. The largest absolute Gasteiger partial charge is 0.399 e.